The average molecular weight is 385 g/mol. The van der Waals surface area contributed by atoms with Gasteiger partial charge in [-0.2, -0.15) is 0 Å². The monoisotopic (exact) mass is 384 g/mol. The molecule has 0 atom stereocenters. The molecule has 0 fully saturated rings. The van der Waals surface area contributed by atoms with Gasteiger partial charge in [-0.15, -0.1) is 21.5 Å². The quantitative estimate of drug-likeness (QED) is 0.565. The van der Waals surface area contributed by atoms with Crippen LogP contribution < -0.4 is 10.6 Å². The third-order valence-electron chi connectivity index (χ3n) is 2.71. The van der Waals surface area contributed by atoms with E-state index in [2.05, 4.69) is 20.8 Å². The maximum absolute atomic E-state index is 11.9. The third-order valence-corrected chi connectivity index (χ3v) is 5.56. The average Bonchev–Trinajstić information content (AvgIpc) is 3.12. The van der Waals surface area contributed by atoms with Crippen LogP contribution >= 0.6 is 34.4 Å². The topological polar surface area (TPSA) is 84.0 Å². The molecule has 2 N–H and O–H groups in total. The Hall–Kier alpha value is -1.45. The summed E-state index contributed by atoms with van der Waals surface area (Å²) in [6.45, 7) is 6.55. The van der Waals surface area contributed by atoms with Gasteiger partial charge in [-0.25, -0.2) is 0 Å². The van der Waals surface area contributed by atoms with Gasteiger partial charge in [0.25, 0.3) is 0 Å². The largest absolute Gasteiger partial charge is 0.350 e. The van der Waals surface area contributed by atoms with E-state index >= 15 is 0 Å². The molecule has 2 aromatic rings. The Kier molecular flexibility index (Phi) is 6.76. The minimum Gasteiger partial charge on any atom is -0.350 e. The first kappa shape index (κ1) is 18.9. The molecule has 2 amide bonds. The van der Waals surface area contributed by atoms with Crippen LogP contribution in [0.2, 0.25) is 0 Å². The van der Waals surface area contributed by atoms with E-state index in [1.165, 1.54) is 23.1 Å². The maximum Gasteiger partial charge on any atom is 0.230 e. The number of carbonyl (C=O) groups is 2. The lowest BCUT2D eigenvalue weighted by molar-refractivity contribution is -0.119. The van der Waals surface area contributed by atoms with Crippen molar-refractivity contribution in [1.29, 1.82) is 0 Å². The highest BCUT2D eigenvalue weighted by molar-refractivity contribution is 8.01. The number of thiophene rings is 1. The van der Waals surface area contributed by atoms with Gasteiger partial charge < -0.3 is 10.6 Å². The predicted molar refractivity (Wildman–Crippen MR) is 99.5 cm³/mol. The van der Waals surface area contributed by atoms with Crippen LogP contribution in [-0.4, -0.2) is 27.8 Å². The Balaban J connectivity index is 1.73. The zero-order chi connectivity index (χ0) is 17.6. The second kappa shape index (κ2) is 8.59. The molecule has 2 aromatic heterocycles. The number of hydrogen-bond donors (Lipinski definition) is 2. The first-order chi connectivity index (χ1) is 11.3. The summed E-state index contributed by atoms with van der Waals surface area (Å²) in [7, 11) is 0. The van der Waals surface area contributed by atoms with E-state index in [9.17, 15) is 9.59 Å². The molecular weight excluding hydrogens is 364 g/mol. The number of aromatic nitrogens is 2. The van der Waals surface area contributed by atoms with Crippen molar-refractivity contribution >= 4 is 51.4 Å². The van der Waals surface area contributed by atoms with Crippen LogP contribution in [0.1, 0.15) is 32.1 Å². The Morgan fingerprint density at radius 1 is 1.25 bits per heavy atom. The minimum absolute atomic E-state index is 0.0538. The summed E-state index contributed by atoms with van der Waals surface area (Å²) in [4.78, 5) is 24.8. The summed E-state index contributed by atoms with van der Waals surface area (Å²) in [6.07, 6.45) is 0.417. The van der Waals surface area contributed by atoms with Gasteiger partial charge >= 0.3 is 0 Å². The number of nitrogens with one attached hydrogen (secondary N) is 2. The number of thioether (sulfide) groups is 1. The standard InChI is InChI=1S/C15H20N4O2S3/c1-15(2,3)7-11(20)17-13-18-19-14(24-13)23-9-12(21)16-8-10-5-4-6-22-10/h4-6H,7-9H2,1-3H3,(H,16,21)(H,17,18,20). The van der Waals surface area contributed by atoms with Gasteiger partial charge in [0.1, 0.15) is 0 Å². The fourth-order valence-corrected chi connectivity index (χ4v) is 3.98. The number of amides is 2. The van der Waals surface area contributed by atoms with Gasteiger partial charge in [0.2, 0.25) is 16.9 Å². The fraction of sp³-hybridized carbons (Fsp3) is 0.467. The molecule has 0 radical (unpaired) electrons. The summed E-state index contributed by atoms with van der Waals surface area (Å²) in [5, 5.41) is 16.0. The molecule has 0 saturated heterocycles. The molecule has 0 saturated carbocycles. The van der Waals surface area contributed by atoms with E-state index in [-0.39, 0.29) is 23.0 Å². The molecule has 0 aromatic carbocycles. The Bertz CT molecular complexity index is 677. The van der Waals surface area contributed by atoms with Gasteiger partial charge in [0.05, 0.1) is 12.3 Å². The van der Waals surface area contributed by atoms with Crippen LogP contribution in [0.15, 0.2) is 21.9 Å². The Labute approximate surface area is 153 Å². The second-order valence-electron chi connectivity index (χ2n) is 6.30. The predicted octanol–water partition coefficient (Wildman–Crippen LogP) is 3.38. The number of nitrogens with zero attached hydrogens (tertiary/aromatic N) is 2. The van der Waals surface area contributed by atoms with Crippen LogP contribution in [0.3, 0.4) is 0 Å². The van der Waals surface area contributed by atoms with Crippen molar-refractivity contribution in [3.63, 3.8) is 0 Å². The highest BCUT2D eigenvalue weighted by Gasteiger charge is 2.17. The van der Waals surface area contributed by atoms with Gasteiger partial charge in [-0.1, -0.05) is 49.9 Å². The summed E-state index contributed by atoms with van der Waals surface area (Å²) in [6, 6.07) is 3.94. The first-order valence-electron chi connectivity index (χ1n) is 7.37. The molecule has 0 spiro atoms. The van der Waals surface area contributed by atoms with E-state index in [0.717, 1.165) is 4.88 Å². The zero-order valence-electron chi connectivity index (χ0n) is 13.8. The van der Waals surface area contributed by atoms with Gasteiger partial charge in [0, 0.05) is 11.3 Å². The lowest BCUT2D eigenvalue weighted by Gasteiger charge is -2.16. The molecule has 0 aliphatic heterocycles. The van der Waals surface area contributed by atoms with Gasteiger partial charge in [-0.3, -0.25) is 9.59 Å². The first-order valence-corrected chi connectivity index (χ1v) is 10.1. The SMILES string of the molecule is CC(C)(C)CC(=O)Nc1nnc(SCC(=O)NCc2cccs2)s1. The molecule has 2 rings (SSSR count). The molecule has 6 nitrogen and oxygen atoms in total. The van der Waals surface area contributed by atoms with E-state index in [0.29, 0.717) is 22.4 Å². The molecule has 2 heterocycles. The molecule has 9 heteroatoms. The normalized spacial score (nSPS) is 11.3. The van der Waals surface area contributed by atoms with Crippen molar-refractivity contribution < 1.29 is 9.59 Å². The lowest BCUT2D eigenvalue weighted by Crippen LogP contribution is -2.24. The number of anilines is 1. The number of rotatable bonds is 7. The molecule has 0 aliphatic rings. The summed E-state index contributed by atoms with van der Waals surface area (Å²) < 4.78 is 0.660. The third kappa shape index (κ3) is 6.98. The van der Waals surface area contributed by atoms with Crippen molar-refractivity contribution in [2.75, 3.05) is 11.1 Å². The van der Waals surface area contributed by atoms with Crippen molar-refractivity contribution in [3.05, 3.63) is 22.4 Å². The lowest BCUT2D eigenvalue weighted by atomic mass is 9.92. The second-order valence-corrected chi connectivity index (χ2v) is 9.54. The van der Waals surface area contributed by atoms with Crippen molar-refractivity contribution in [1.82, 2.24) is 15.5 Å². The molecule has 0 aliphatic carbocycles. The van der Waals surface area contributed by atoms with Gasteiger partial charge in [0.15, 0.2) is 4.34 Å². The van der Waals surface area contributed by atoms with Crippen molar-refractivity contribution in [3.8, 4) is 0 Å². The summed E-state index contributed by atoms with van der Waals surface area (Å²) in [5.41, 5.74) is -0.0764. The zero-order valence-corrected chi connectivity index (χ0v) is 16.2. The molecule has 24 heavy (non-hydrogen) atoms. The van der Waals surface area contributed by atoms with E-state index in [4.69, 9.17) is 0 Å². The van der Waals surface area contributed by atoms with Crippen LogP contribution in [0.4, 0.5) is 5.13 Å². The number of hydrogen-bond acceptors (Lipinski definition) is 7. The van der Waals surface area contributed by atoms with Crippen LogP contribution in [0.25, 0.3) is 0 Å². The molecule has 130 valence electrons. The van der Waals surface area contributed by atoms with E-state index in [1.807, 2.05) is 38.3 Å². The van der Waals surface area contributed by atoms with Crippen molar-refractivity contribution in [2.45, 2.75) is 38.1 Å². The van der Waals surface area contributed by atoms with Crippen LogP contribution in [-0.2, 0) is 16.1 Å². The van der Waals surface area contributed by atoms with Gasteiger partial charge in [-0.05, 0) is 16.9 Å². The molecule has 0 unspecified atom stereocenters. The number of carbonyl (C=O) groups excluding carboxylic acids is 2. The van der Waals surface area contributed by atoms with E-state index in [1.54, 1.807) is 11.3 Å². The maximum atomic E-state index is 11.9. The Morgan fingerprint density at radius 2 is 2.04 bits per heavy atom. The highest BCUT2D eigenvalue weighted by Crippen LogP contribution is 2.26. The molecule has 0 bridgehead atoms. The fourth-order valence-electron chi connectivity index (χ4n) is 1.74. The van der Waals surface area contributed by atoms with Crippen molar-refractivity contribution in [2.24, 2.45) is 5.41 Å². The summed E-state index contributed by atoms with van der Waals surface area (Å²) >= 11 is 4.20. The smallest absolute Gasteiger partial charge is 0.230 e. The van der Waals surface area contributed by atoms with Crippen LogP contribution in [0.5, 0.6) is 0 Å². The highest BCUT2D eigenvalue weighted by atomic mass is 32.2. The summed E-state index contributed by atoms with van der Waals surface area (Å²) in [5.74, 6) is 0.140. The Morgan fingerprint density at radius 3 is 2.71 bits per heavy atom. The molecular formula is C15H20N4O2S3. The minimum atomic E-state index is -0.0797. The van der Waals surface area contributed by atoms with Crippen LogP contribution in [0, 0.1) is 5.41 Å². The van der Waals surface area contributed by atoms with E-state index < -0.39 is 0 Å².